The fraction of sp³-hybridized carbons (Fsp3) is 0.158. The topological polar surface area (TPSA) is 122 Å². The van der Waals surface area contributed by atoms with Gasteiger partial charge in [-0.2, -0.15) is 5.10 Å². The van der Waals surface area contributed by atoms with Gasteiger partial charge in [-0.3, -0.25) is 9.59 Å². The Bertz CT molecular complexity index is 1040. The smallest absolute Gasteiger partial charge is 0.272 e. The summed E-state index contributed by atoms with van der Waals surface area (Å²) >= 11 is 0. The molecule has 4 N–H and O–H groups in total. The van der Waals surface area contributed by atoms with Crippen LogP contribution in [0.1, 0.15) is 12.6 Å². The van der Waals surface area contributed by atoms with Gasteiger partial charge in [-0.1, -0.05) is 12.1 Å². The van der Waals surface area contributed by atoms with Crippen LogP contribution in [0.3, 0.4) is 0 Å². The lowest BCUT2D eigenvalue weighted by Gasteiger charge is -2.08. The number of aromatic nitrogens is 2. The Morgan fingerprint density at radius 3 is 2.67 bits per heavy atom. The van der Waals surface area contributed by atoms with Crippen molar-refractivity contribution in [3.63, 3.8) is 0 Å². The lowest BCUT2D eigenvalue weighted by molar-refractivity contribution is -0.110. The number of aromatic amines is 1. The van der Waals surface area contributed by atoms with Gasteiger partial charge in [-0.15, -0.1) is 0 Å². The zero-order valence-electron chi connectivity index (χ0n) is 14.7. The predicted molar refractivity (Wildman–Crippen MR) is 104 cm³/mol. The first-order valence-corrected chi connectivity index (χ1v) is 8.39. The number of fused-ring (bicyclic) bond motifs is 1. The molecule has 0 aliphatic rings. The van der Waals surface area contributed by atoms with Crippen LogP contribution in [0.2, 0.25) is 0 Å². The van der Waals surface area contributed by atoms with Crippen LogP contribution in [0.25, 0.3) is 11.0 Å². The first kappa shape index (κ1) is 18.1. The zero-order valence-corrected chi connectivity index (χ0v) is 14.7. The number of hydrogen-bond donors (Lipinski definition) is 3. The van der Waals surface area contributed by atoms with Crippen molar-refractivity contribution in [2.24, 2.45) is 10.9 Å². The fourth-order valence-electron chi connectivity index (χ4n) is 2.53. The van der Waals surface area contributed by atoms with E-state index in [1.807, 2.05) is 13.0 Å². The number of rotatable bonds is 6. The molecule has 0 aliphatic heterocycles. The molecule has 3 rings (SSSR count). The molecule has 8 heteroatoms. The van der Waals surface area contributed by atoms with Crippen LogP contribution in [0.15, 0.2) is 58.4 Å². The van der Waals surface area contributed by atoms with Crippen molar-refractivity contribution in [3.05, 3.63) is 64.6 Å². The van der Waals surface area contributed by atoms with Gasteiger partial charge in [0.05, 0.1) is 17.6 Å². The lowest BCUT2D eigenvalue weighted by atomic mass is 10.2. The molecular weight excluding hydrogens is 346 g/mol. The van der Waals surface area contributed by atoms with Crippen molar-refractivity contribution in [1.29, 1.82) is 0 Å². The summed E-state index contributed by atoms with van der Waals surface area (Å²) < 4.78 is 5.36. The number of carbonyl (C=O) groups is 1. The first-order chi connectivity index (χ1) is 13.1. The molecule has 0 saturated heterocycles. The number of benzene rings is 2. The number of nitrogens with zero attached hydrogens (tertiary/aromatic N) is 2. The number of carbonyl (C=O) groups excluding carboxylic acids is 1. The van der Waals surface area contributed by atoms with Gasteiger partial charge in [0.2, 0.25) is 0 Å². The second-order valence-electron chi connectivity index (χ2n) is 5.69. The van der Waals surface area contributed by atoms with Gasteiger partial charge in [0.1, 0.15) is 17.2 Å². The van der Waals surface area contributed by atoms with Gasteiger partial charge < -0.3 is 20.9 Å². The van der Waals surface area contributed by atoms with E-state index < -0.39 is 5.91 Å². The maximum Gasteiger partial charge on any atom is 0.272 e. The van der Waals surface area contributed by atoms with E-state index in [1.54, 1.807) is 42.5 Å². The molecule has 0 unspecified atom stereocenters. The quantitative estimate of drug-likeness (QED) is 0.349. The predicted octanol–water partition coefficient (Wildman–Crippen LogP) is 1.82. The number of hydrazone groups is 1. The maximum absolute atomic E-state index is 12.4. The number of hydrogen-bond acceptors (Lipinski definition) is 6. The molecule has 1 amide bonds. The normalized spacial score (nSPS) is 11.4. The molecule has 0 radical (unpaired) electrons. The number of H-pyrrole nitrogens is 1. The van der Waals surface area contributed by atoms with Crippen molar-refractivity contribution in [1.82, 2.24) is 9.97 Å². The Kier molecular flexibility index (Phi) is 5.46. The van der Waals surface area contributed by atoms with Crippen molar-refractivity contribution in [3.8, 4) is 5.75 Å². The second-order valence-corrected chi connectivity index (χ2v) is 5.69. The van der Waals surface area contributed by atoms with Crippen LogP contribution in [-0.4, -0.2) is 28.2 Å². The van der Waals surface area contributed by atoms with E-state index in [2.05, 4.69) is 20.4 Å². The molecule has 0 bridgehead atoms. The first-order valence-electron chi connectivity index (χ1n) is 8.39. The van der Waals surface area contributed by atoms with Gasteiger partial charge in [0.15, 0.2) is 0 Å². The molecule has 0 saturated carbocycles. The molecule has 2 aromatic carbocycles. The Balaban J connectivity index is 1.76. The van der Waals surface area contributed by atoms with Gasteiger partial charge >= 0.3 is 0 Å². The SMILES string of the molecule is CCOc1ccc(NC(=O)/C(Cc2nc3ccccc3[nH]c2=O)=N\N)cc1. The molecule has 1 aromatic heterocycles. The summed E-state index contributed by atoms with van der Waals surface area (Å²) in [4.78, 5) is 31.7. The van der Waals surface area contributed by atoms with Crippen LogP contribution < -0.4 is 21.5 Å². The highest BCUT2D eigenvalue weighted by Crippen LogP contribution is 2.15. The molecule has 138 valence electrons. The van der Waals surface area contributed by atoms with Crippen molar-refractivity contribution in [2.75, 3.05) is 11.9 Å². The number of amides is 1. The minimum Gasteiger partial charge on any atom is -0.494 e. The van der Waals surface area contributed by atoms with E-state index in [-0.39, 0.29) is 23.4 Å². The summed E-state index contributed by atoms with van der Waals surface area (Å²) in [5, 5.41) is 6.23. The molecule has 3 aromatic rings. The average molecular weight is 365 g/mol. The molecule has 8 nitrogen and oxygen atoms in total. The standard InChI is InChI=1S/C19H19N5O3/c1-2-27-13-9-7-12(8-10-13)21-19(26)17(24-20)11-16-18(25)23-15-6-4-3-5-14(15)22-16/h3-10H,2,11,20H2,1H3,(H,21,26)(H,23,25)/b24-17-. The molecule has 27 heavy (non-hydrogen) atoms. The fourth-order valence-corrected chi connectivity index (χ4v) is 2.53. The third-order valence-electron chi connectivity index (χ3n) is 3.85. The summed E-state index contributed by atoms with van der Waals surface area (Å²) in [6.07, 6.45) is -0.0838. The van der Waals surface area contributed by atoms with E-state index in [1.165, 1.54) is 0 Å². The number of nitrogens with two attached hydrogens (primary N) is 1. The van der Waals surface area contributed by atoms with Crippen molar-refractivity contribution < 1.29 is 9.53 Å². The highest BCUT2D eigenvalue weighted by Gasteiger charge is 2.16. The van der Waals surface area contributed by atoms with E-state index >= 15 is 0 Å². The highest BCUT2D eigenvalue weighted by molar-refractivity contribution is 6.43. The third-order valence-corrected chi connectivity index (χ3v) is 3.85. The van der Waals surface area contributed by atoms with E-state index in [0.29, 0.717) is 29.1 Å². The van der Waals surface area contributed by atoms with Crippen LogP contribution >= 0.6 is 0 Å². The minimum atomic E-state index is -0.504. The van der Waals surface area contributed by atoms with Gasteiger partial charge in [0.25, 0.3) is 11.5 Å². The van der Waals surface area contributed by atoms with Gasteiger partial charge in [-0.25, -0.2) is 4.98 Å². The Labute approximate surface area is 155 Å². The van der Waals surface area contributed by atoms with E-state index in [9.17, 15) is 9.59 Å². The Morgan fingerprint density at radius 2 is 1.96 bits per heavy atom. The van der Waals surface area contributed by atoms with Gasteiger partial charge in [-0.05, 0) is 43.3 Å². The number of ether oxygens (including phenoxy) is 1. The number of para-hydroxylation sites is 2. The second kappa shape index (κ2) is 8.13. The van der Waals surface area contributed by atoms with E-state index in [4.69, 9.17) is 10.6 Å². The molecular formula is C19H19N5O3. The Hall–Kier alpha value is -3.68. The van der Waals surface area contributed by atoms with Gasteiger partial charge in [0, 0.05) is 12.1 Å². The molecule has 0 fully saturated rings. The van der Waals surface area contributed by atoms with E-state index in [0.717, 1.165) is 0 Å². The highest BCUT2D eigenvalue weighted by atomic mass is 16.5. The molecule has 0 aliphatic carbocycles. The summed E-state index contributed by atoms with van der Waals surface area (Å²) in [5.41, 5.74) is 1.58. The lowest BCUT2D eigenvalue weighted by Crippen LogP contribution is -2.29. The summed E-state index contributed by atoms with van der Waals surface area (Å²) in [6, 6.07) is 14.0. The summed E-state index contributed by atoms with van der Waals surface area (Å²) in [6.45, 7) is 2.45. The summed E-state index contributed by atoms with van der Waals surface area (Å²) in [7, 11) is 0. The largest absolute Gasteiger partial charge is 0.494 e. The number of anilines is 1. The van der Waals surface area contributed by atoms with Crippen LogP contribution in [0.5, 0.6) is 5.75 Å². The van der Waals surface area contributed by atoms with Crippen molar-refractivity contribution >= 4 is 28.3 Å². The number of nitrogens with one attached hydrogen (secondary N) is 2. The van der Waals surface area contributed by atoms with Crippen LogP contribution in [-0.2, 0) is 11.2 Å². The summed E-state index contributed by atoms with van der Waals surface area (Å²) in [5.74, 6) is 5.57. The monoisotopic (exact) mass is 365 g/mol. The molecule has 1 heterocycles. The average Bonchev–Trinajstić information content (AvgIpc) is 2.68. The zero-order chi connectivity index (χ0) is 19.2. The van der Waals surface area contributed by atoms with Crippen LogP contribution in [0, 0.1) is 0 Å². The minimum absolute atomic E-state index is 0.00262. The third kappa shape index (κ3) is 4.30. The van der Waals surface area contributed by atoms with Crippen LogP contribution in [0.4, 0.5) is 5.69 Å². The molecule has 0 spiro atoms. The van der Waals surface area contributed by atoms with Crippen molar-refractivity contribution in [2.45, 2.75) is 13.3 Å². The maximum atomic E-state index is 12.4. The molecule has 0 atom stereocenters. The Morgan fingerprint density at radius 1 is 1.22 bits per heavy atom.